The Morgan fingerprint density at radius 3 is 2.53 bits per heavy atom. The monoisotopic (exact) mass is 279 g/mol. The van der Waals surface area contributed by atoms with Gasteiger partial charge >= 0.3 is 0 Å². The maximum absolute atomic E-state index is 11.9. The van der Waals surface area contributed by atoms with Crippen LogP contribution in [-0.2, 0) is 16.0 Å². The Morgan fingerprint density at radius 2 is 1.95 bits per heavy atom. The first-order valence-electron chi connectivity index (χ1n) is 6.16. The average Bonchev–Trinajstić information content (AvgIpc) is 2.40. The van der Waals surface area contributed by atoms with Crippen molar-refractivity contribution < 1.29 is 9.53 Å². The molecule has 0 atom stereocenters. The molecule has 2 rings (SSSR count). The number of nitrogens with one attached hydrogen (secondary N) is 1. The summed E-state index contributed by atoms with van der Waals surface area (Å²) in [6.07, 6.45) is 0.342. The Labute approximate surface area is 117 Å². The molecule has 0 saturated carbocycles. The SMILES string of the molecule is NC(=S)c1ccc(CC(=O)NN2CCOCC2)cc1. The second-order valence-corrected chi connectivity index (χ2v) is 4.81. The fourth-order valence-electron chi connectivity index (χ4n) is 1.86. The third-order valence-corrected chi connectivity index (χ3v) is 3.13. The molecule has 1 saturated heterocycles. The highest BCUT2D eigenvalue weighted by atomic mass is 32.1. The number of carbonyl (C=O) groups is 1. The van der Waals surface area contributed by atoms with Gasteiger partial charge in [-0.05, 0) is 5.56 Å². The topological polar surface area (TPSA) is 67.6 Å². The van der Waals surface area contributed by atoms with E-state index in [9.17, 15) is 4.79 Å². The highest BCUT2D eigenvalue weighted by Gasteiger charge is 2.13. The van der Waals surface area contributed by atoms with Crippen LogP contribution in [0.3, 0.4) is 0 Å². The van der Waals surface area contributed by atoms with E-state index in [1.54, 1.807) is 0 Å². The van der Waals surface area contributed by atoms with E-state index in [0.29, 0.717) is 24.6 Å². The van der Waals surface area contributed by atoms with Crippen LogP contribution in [0, 0.1) is 0 Å². The highest BCUT2D eigenvalue weighted by Crippen LogP contribution is 2.05. The van der Waals surface area contributed by atoms with Crippen LogP contribution in [0.4, 0.5) is 0 Å². The smallest absolute Gasteiger partial charge is 0.238 e. The van der Waals surface area contributed by atoms with Gasteiger partial charge in [0.25, 0.3) is 0 Å². The molecule has 1 heterocycles. The number of rotatable bonds is 4. The van der Waals surface area contributed by atoms with Crippen molar-refractivity contribution in [3.05, 3.63) is 35.4 Å². The maximum Gasteiger partial charge on any atom is 0.238 e. The van der Waals surface area contributed by atoms with Crippen molar-refractivity contribution in [2.75, 3.05) is 26.3 Å². The molecule has 6 heteroatoms. The summed E-state index contributed by atoms with van der Waals surface area (Å²) in [4.78, 5) is 12.2. The van der Waals surface area contributed by atoms with Crippen LogP contribution >= 0.6 is 12.2 Å². The van der Waals surface area contributed by atoms with Crippen molar-refractivity contribution in [3.8, 4) is 0 Å². The number of hydrogen-bond acceptors (Lipinski definition) is 4. The van der Waals surface area contributed by atoms with E-state index in [0.717, 1.165) is 24.2 Å². The van der Waals surface area contributed by atoms with E-state index in [1.165, 1.54) is 0 Å². The van der Waals surface area contributed by atoms with Crippen LogP contribution in [-0.4, -0.2) is 42.2 Å². The van der Waals surface area contributed by atoms with Gasteiger partial charge in [-0.15, -0.1) is 0 Å². The van der Waals surface area contributed by atoms with E-state index in [2.05, 4.69) is 5.43 Å². The normalized spacial score (nSPS) is 16.0. The van der Waals surface area contributed by atoms with Gasteiger partial charge in [0.2, 0.25) is 5.91 Å². The number of nitrogens with two attached hydrogens (primary N) is 1. The zero-order chi connectivity index (χ0) is 13.7. The van der Waals surface area contributed by atoms with Crippen molar-refractivity contribution in [2.45, 2.75) is 6.42 Å². The number of ether oxygens (including phenoxy) is 1. The lowest BCUT2D eigenvalue weighted by molar-refractivity contribution is -0.127. The molecule has 0 bridgehead atoms. The molecule has 1 aromatic rings. The molecule has 0 spiro atoms. The molecular formula is C13H17N3O2S. The van der Waals surface area contributed by atoms with Crippen molar-refractivity contribution >= 4 is 23.1 Å². The average molecular weight is 279 g/mol. The van der Waals surface area contributed by atoms with Gasteiger partial charge in [0.05, 0.1) is 19.6 Å². The number of hydrazine groups is 1. The fourth-order valence-corrected chi connectivity index (χ4v) is 2.00. The van der Waals surface area contributed by atoms with Gasteiger partial charge < -0.3 is 10.5 Å². The third kappa shape index (κ3) is 4.27. The summed E-state index contributed by atoms with van der Waals surface area (Å²) in [5.41, 5.74) is 10.1. The van der Waals surface area contributed by atoms with E-state index >= 15 is 0 Å². The molecule has 1 aliphatic rings. The molecule has 1 amide bonds. The van der Waals surface area contributed by atoms with Crippen molar-refractivity contribution in [1.82, 2.24) is 10.4 Å². The lowest BCUT2D eigenvalue weighted by atomic mass is 10.1. The molecule has 0 unspecified atom stereocenters. The standard InChI is InChI=1S/C13H17N3O2S/c14-13(19)11-3-1-10(2-4-11)9-12(17)15-16-5-7-18-8-6-16/h1-4H,5-9H2,(H2,14,19)(H,15,17). The predicted octanol–water partition coefficient (Wildman–Crippen LogP) is 0.227. The van der Waals surface area contributed by atoms with Crippen molar-refractivity contribution in [1.29, 1.82) is 0 Å². The highest BCUT2D eigenvalue weighted by molar-refractivity contribution is 7.80. The second-order valence-electron chi connectivity index (χ2n) is 4.37. The number of hydrogen-bond donors (Lipinski definition) is 2. The van der Waals surface area contributed by atoms with E-state index in [4.69, 9.17) is 22.7 Å². The molecule has 0 aromatic heterocycles. The zero-order valence-electron chi connectivity index (χ0n) is 10.6. The second kappa shape index (κ2) is 6.60. The summed E-state index contributed by atoms with van der Waals surface area (Å²) >= 11 is 4.88. The lowest BCUT2D eigenvalue weighted by Gasteiger charge is -2.26. The van der Waals surface area contributed by atoms with Crippen LogP contribution in [0.1, 0.15) is 11.1 Å². The first-order valence-corrected chi connectivity index (χ1v) is 6.57. The molecule has 0 aliphatic carbocycles. The van der Waals surface area contributed by atoms with Gasteiger partial charge in [0, 0.05) is 18.7 Å². The van der Waals surface area contributed by atoms with Crippen LogP contribution in [0.15, 0.2) is 24.3 Å². The number of benzene rings is 1. The summed E-state index contributed by atoms with van der Waals surface area (Å²) < 4.78 is 5.22. The summed E-state index contributed by atoms with van der Waals surface area (Å²) in [6.45, 7) is 2.77. The molecular weight excluding hydrogens is 262 g/mol. The molecule has 102 valence electrons. The van der Waals surface area contributed by atoms with Gasteiger partial charge in [0.1, 0.15) is 4.99 Å². The minimum absolute atomic E-state index is 0.0232. The number of thiocarbonyl (C=S) groups is 1. The zero-order valence-corrected chi connectivity index (χ0v) is 11.4. The molecule has 19 heavy (non-hydrogen) atoms. The fraction of sp³-hybridized carbons (Fsp3) is 0.385. The first-order chi connectivity index (χ1) is 9.15. The van der Waals surface area contributed by atoms with Gasteiger partial charge in [-0.25, -0.2) is 5.01 Å². The summed E-state index contributed by atoms with van der Waals surface area (Å²) in [6, 6.07) is 7.40. The number of morpholine rings is 1. The number of amides is 1. The first kappa shape index (κ1) is 13.9. The van der Waals surface area contributed by atoms with Crippen LogP contribution < -0.4 is 11.2 Å². The largest absolute Gasteiger partial charge is 0.389 e. The van der Waals surface area contributed by atoms with Gasteiger partial charge in [-0.2, -0.15) is 0 Å². The summed E-state index contributed by atoms with van der Waals surface area (Å²) in [5.74, 6) is -0.0232. The Kier molecular flexibility index (Phi) is 4.84. The Balaban J connectivity index is 1.85. The van der Waals surface area contributed by atoms with E-state index in [-0.39, 0.29) is 5.91 Å². The van der Waals surface area contributed by atoms with E-state index < -0.39 is 0 Å². The predicted molar refractivity (Wildman–Crippen MR) is 76.6 cm³/mol. The Hall–Kier alpha value is -1.50. The van der Waals surface area contributed by atoms with E-state index in [1.807, 2.05) is 29.3 Å². The molecule has 5 nitrogen and oxygen atoms in total. The molecule has 1 fully saturated rings. The van der Waals surface area contributed by atoms with Gasteiger partial charge in [-0.3, -0.25) is 10.2 Å². The Bertz CT molecular complexity index is 455. The quantitative estimate of drug-likeness (QED) is 0.772. The summed E-state index contributed by atoms with van der Waals surface area (Å²) in [5, 5.41) is 1.88. The van der Waals surface area contributed by atoms with Crippen LogP contribution in [0.25, 0.3) is 0 Å². The minimum atomic E-state index is -0.0232. The van der Waals surface area contributed by atoms with Crippen molar-refractivity contribution in [2.24, 2.45) is 5.73 Å². The number of carbonyl (C=O) groups excluding carboxylic acids is 1. The Morgan fingerprint density at radius 1 is 1.32 bits per heavy atom. The van der Waals surface area contributed by atoms with Gasteiger partial charge in [-0.1, -0.05) is 36.5 Å². The molecule has 0 radical (unpaired) electrons. The van der Waals surface area contributed by atoms with Crippen molar-refractivity contribution in [3.63, 3.8) is 0 Å². The number of nitrogens with zero attached hydrogens (tertiary/aromatic N) is 1. The van der Waals surface area contributed by atoms with Crippen LogP contribution in [0.5, 0.6) is 0 Å². The summed E-state index contributed by atoms with van der Waals surface area (Å²) in [7, 11) is 0. The molecule has 3 N–H and O–H groups in total. The minimum Gasteiger partial charge on any atom is -0.389 e. The van der Waals surface area contributed by atoms with Gasteiger partial charge in [0.15, 0.2) is 0 Å². The molecule has 1 aliphatic heterocycles. The molecule has 1 aromatic carbocycles. The lowest BCUT2D eigenvalue weighted by Crippen LogP contribution is -2.48. The van der Waals surface area contributed by atoms with Crippen LogP contribution in [0.2, 0.25) is 0 Å². The third-order valence-electron chi connectivity index (χ3n) is 2.90. The maximum atomic E-state index is 11.9.